The van der Waals surface area contributed by atoms with Crippen molar-refractivity contribution in [2.24, 2.45) is 0 Å². The number of benzene rings is 3. The molecule has 0 spiro atoms. The number of carbonyl (C=O) groups excluding carboxylic acids is 1. The van der Waals surface area contributed by atoms with Crippen LogP contribution in [0.5, 0.6) is 17.2 Å². The van der Waals surface area contributed by atoms with Crippen LogP contribution in [-0.2, 0) is 6.61 Å². The summed E-state index contributed by atoms with van der Waals surface area (Å²) in [6.07, 6.45) is 1.78. The van der Waals surface area contributed by atoms with Gasteiger partial charge in [-0.25, -0.2) is 0 Å². The molecular weight excluding hydrogens is 376 g/mol. The topological polar surface area (TPSA) is 44.8 Å². The fourth-order valence-corrected chi connectivity index (χ4v) is 3.31. The minimum absolute atomic E-state index is 0.114. The van der Waals surface area contributed by atoms with Crippen LogP contribution in [0.1, 0.15) is 46.8 Å². The third-order valence-corrected chi connectivity index (χ3v) is 5.08. The SMILES string of the molecule is COc1cccc(COc2ccc3c(c2)O/C(=C/c2ccc(C(C)C)cc2)C3=O)c1. The fourth-order valence-electron chi connectivity index (χ4n) is 3.31. The molecule has 0 aromatic heterocycles. The summed E-state index contributed by atoms with van der Waals surface area (Å²) in [7, 11) is 1.64. The highest BCUT2D eigenvalue weighted by Crippen LogP contribution is 2.35. The maximum absolute atomic E-state index is 12.7. The van der Waals surface area contributed by atoms with E-state index in [0.717, 1.165) is 16.9 Å². The second kappa shape index (κ2) is 8.46. The van der Waals surface area contributed by atoms with E-state index >= 15 is 0 Å². The minimum Gasteiger partial charge on any atom is -0.497 e. The van der Waals surface area contributed by atoms with Crippen LogP contribution < -0.4 is 14.2 Å². The Balaban J connectivity index is 1.48. The molecule has 4 heteroatoms. The highest BCUT2D eigenvalue weighted by atomic mass is 16.5. The molecule has 0 fully saturated rings. The number of ketones is 1. The fraction of sp³-hybridized carbons (Fsp3) is 0.192. The van der Waals surface area contributed by atoms with Crippen molar-refractivity contribution >= 4 is 11.9 Å². The molecule has 1 aliphatic rings. The number of fused-ring (bicyclic) bond motifs is 1. The summed E-state index contributed by atoms with van der Waals surface area (Å²) in [4.78, 5) is 12.7. The average Bonchev–Trinajstić information content (AvgIpc) is 3.07. The summed E-state index contributed by atoms with van der Waals surface area (Å²) in [6, 6.07) is 21.2. The molecule has 0 radical (unpaired) electrons. The molecule has 3 aromatic rings. The second-order valence-electron chi connectivity index (χ2n) is 7.56. The molecule has 4 nitrogen and oxygen atoms in total. The molecule has 0 amide bonds. The molecule has 3 aromatic carbocycles. The van der Waals surface area contributed by atoms with E-state index in [9.17, 15) is 4.79 Å². The van der Waals surface area contributed by atoms with Crippen LogP contribution in [0.25, 0.3) is 6.08 Å². The zero-order valence-corrected chi connectivity index (χ0v) is 17.3. The normalized spacial score (nSPS) is 14.0. The van der Waals surface area contributed by atoms with Gasteiger partial charge in [0.05, 0.1) is 12.7 Å². The lowest BCUT2D eigenvalue weighted by Gasteiger charge is -2.08. The van der Waals surface area contributed by atoms with Crippen molar-refractivity contribution in [1.82, 2.24) is 0 Å². The number of hydrogen-bond donors (Lipinski definition) is 0. The van der Waals surface area contributed by atoms with Crippen molar-refractivity contribution in [2.45, 2.75) is 26.4 Å². The van der Waals surface area contributed by atoms with Gasteiger partial charge in [0.25, 0.3) is 0 Å². The van der Waals surface area contributed by atoms with Gasteiger partial charge in [-0.3, -0.25) is 4.79 Å². The minimum atomic E-state index is -0.114. The van der Waals surface area contributed by atoms with Gasteiger partial charge < -0.3 is 14.2 Å². The number of allylic oxidation sites excluding steroid dienone is 1. The Hall–Kier alpha value is -3.53. The maximum atomic E-state index is 12.7. The van der Waals surface area contributed by atoms with Gasteiger partial charge in [-0.1, -0.05) is 50.2 Å². The Morgan fingerprint density at radius 2 is 1.77 bits per heavy atom. The molecule has 152 valence electrons. The second-order valence-corrected chi connectivity index (χ2v) is 7.56. The highest BCUT2D eigenvalue weighted by molar-refractivity contribution is 6.14. The predicted octanol–water partition coefficient (Wildman–Crippen LogP) is 6.01. The van der Waals surface area contributed by atoms with E-state index in [0.29, 0.717) is 35.3 Å². The van der Waals surface area contributed by atoms with Crippen LogP contribution in [0, 0.1) is 0 Å². The van der Waals surface area contributed by atoms with Gasteiger partial charge in [-0.15, -0.1) is 0 Å². The van der Waals surface area contributed by atoms with Crippen molar-refractivity contribution < 1.29 is 19.0 Å². The number of Topliss-reactive ketones (excluding diaryl/α,β-unsaturated/α-hetero) is 1. The first-order chi connectivity index (χ1) is 14.5. The summed E-state index contributed by atoms with van der Waals surface area (Å²) in [6.45, 7) is 4.71. The Morgan fingerprint density at radius 1 is 0.967 bits per heavy atom. The molecule has 0 saturated carbocycles. The van der Waals surface area contributed by atoms with E-state index in [1.165, 1.54) is 5.56 Å². The zero-order chi connectivity index (χ0) is 21.1. The van der Waals surface area contributed by atoms with Gasteiger partial charge in [-0.05, 0) is 52.9 Å². The van der Waals surface area contributed by atoms with Gasteiger partial charge >= 0.3 is 0 Å². The monoisotopic (exact) mass is 400 g/mol. The Morgan fingerprint density at radius 3 is 2.50 bits per heavy atom. The van der Waals surface area contributed by atoms with E-state index in [4.69, 9.17) is 14.2 Å². The number of carbonyl (C=O) groups is 1. The van der Waals surface area contributed by atoms with E-state index in [1.807, 2.05) is 36.4 Å². The van der Waals surface area contributed by atoms with Crippen molar-refractivity contribution in [3.63, 3.8) is 0 Å². The van der Waals surface area contributed by atoms with Gasteiger partial charge in [0.15, 0.2) is 5.76 Å². The summed E-state index contributed by atoms with van der Waals surface area (Å²) in [5, 5.41) is 0. The summed E-state index contributed by atoms with van der Waals surface area (Å²) < 4.78 is 17.0. The van der Waals surface area contributed by atoms with Crippen LogP contribution >= 0.6 is 0 Å². The predicted molar refractivity (Wildman–Crippen MR) is 117 cm³/mol. The van der Waals surface area contributed by atoms with Crippen LogP contribution in [0.4, 0.5) is 0 Å². The summed E-state index contributed by atoms with van der Waals surface area (Å²) in [5.74, 6) is 2.63. The van der Waals surface area contributed by atoms with Crippen molar-refractivity contribution in [1.29, 1.82) is 0 Å². The molecule has 0 bridgehead atoms. The first-order valence-corrected chi connectivity index (χ1v) is 9.97. The molecule has 1 aliphatic heterocycles. The van der Waals surface area contributed by atoms with Gasteiger partial charge in [0.1, 0.15) is 23.9 Å². The summed E-state index contributed by atoms with van der Waals surface area (Å²) in [5.41, 5.74) is 3.74. The van der Waals surface area contributed by atoms with Crippen LogP contribution in [0.3, 0.4) is 0 Å². The van der Waals surface area contributed by atoms with E-state index < -0.39 is 0 Å². The van der Waals surface area contributed by atoms with Crippen molar-refractivity contribution in [3.8, 4) is 17.2 Å². The molecule has 1 heterocycles. The van der Waals surface area contributed by atoms with E-state index in [1.54, 1.807) is 31.4 Å². The van der Waals surface area contributed by atoms with E-state index in [-0.39, 0.29) is 5.78 Å². The Labute approximate surface area is 176 Å². The standard InChI is InChI=1S/C26H24O4/c1-17(2)20-9-7-18(8-10-20)14-25-26(27)23-12-11-22(15-24(23)30-25)29-16-19-5-4-6-21(13-19)28-3/h4-15,17H,16H2,1-3H3/b25-14+. The third-order valence-electron chi connectivity index (χ3n) is 5.08. The molecule has 30 heavy (non-hydrogen) atoms. The number of hydrogen-bond acceptors (Lipinski definition) is 4. The molecule has 4 rings (SSSR count). The van der Waals surface area contributed by atoms with Gasteiger partial charge in [0.2, 0.25) is 5.78 Å². The quantitative estimate of drug-likeness (QED) is 0.475. The third kappa shape index (κ3) is 4.23. The smallest absolute Gasteiger partial charge is 0.231 e. The largest absolute Gasteiger partial charge is 0.497 e. The van der Waals surface area contributed by atoms with E-state index in [2.05, 4.69) is 26.0 Å². The number of methoxy groups -OCH3 is 1. The number of ether oxygens (including phenoxy) is 3. The lowest BCUT2D eigenvalue weighted by molar-refractivity contribution is 0.101. The number of rotatable bonds is 6. The molecular formula is C26H24O4. The molecule has 0 unspecified atom stereocenters. The average molecular weight is 400 g/mol. The van der Waals surface area contributed by atoms with Crippen molar-refractivity contribution in [2.75, 3.05) is 7.11 Å². The van der Waals surface area contributed by atoms with Crippen LogP contribution in [0.15, 0.2) is 72.5 Å². The Bertz CT molecular complexity index is 1090. The molecule has 0 N–H and O–H groups in total. The highest BCUT2D eigenvalue weighted by Gasteiger charge is 2.27. The lowest BCUT2D eigenvalue weighted by Crippen LogP contribution is -1.98. The van der Waals surface area contributed by atoms with Gasteiger partial charge in [-0.2, -0.15) is 0 Å². The first kappa shape index (κ1) is 19.8. The summed E-state index contributed by atoms with van der Waals surface area (Å²) >= 11 is 0. The molecule has 0 aliphatic carbocycles. The van der Waals surface area contributed by atoms with Crippen LogP contribution in [-0.4, -0.2) is 12.9 Å². The van der Waals surface area contributed by atoms with Crippen LogP contribution in [0.2, 0.25) is 0 Å². The first-order valence-electron chi connectivity index (χ1n) is 9.97. The van der Waals surface area contributed by atoms with Gasteiger partial charge in [0, 0.05) is 6.07 Å². The zero-order valence-electron chi connectivity index (χ0n) is 17.3. The molecule has 0 saturated heterocycles. The van der Waals surface area contributed by atoms with Crippen molar-refractivity contribution in [3.05, 3.63) is 94.7 Å². The Kier molecular flexibility index (Phi) is 5.57. The maximum Gasteiger partial charge on any atom is 0.231 e. The molecule has 0 atom stereocenters. The lowest BCUT2D eigenvalue weighted by atomic mass is 10.0.